The quantitative estimate of drug-likeness (QED) is 0.576. The topological polar surface area (TPSA) is 52.6 Å². The maximum Gasteiger partial charge on any atom is 0.320 e. The molecule has 0 aliphatic carbocycles. The number of benzene rings is 2. The van der Waals surface area contributed by atoms with E-state index in [-0.39, 0.29) is 19.6 Å². The van der Waals surface area contributed by atoms with Crippen LogP contribution in [0.1, 0.15) is 19.4 Å². The highest BCUT2D eigenvalue weighted by Gasteiger charge is 2.30. The molecule has 0 unspecified atom stereocenters. The molecule has 0 amide bonds. The predicted molar refractivity (Wildman–Crippen MR) is 92.3 cm³/mol. The van der Waals surface area contributed by atoms with Gasteiger partial charge in [-0.25, -0.2) is 0 Å². The minimum atomic E-state index is -0.949. The lowest BCUT2D eigenvalue weighted by atomic mass is 9.92. The molecular weight excluding hydrogens is 304 g/mol. The van der Waals surface area contributed by atoms with Crippen molar-refractivity contribution in [3.63, 3.8) is 0 Å². The molecule has 126 valence electrons. The molecule has 4 nitrogen and oxygen atoms in total. The summed E-state index contributed by atoms with van der Waals surface area (Å²) in [6.07, 6.45) is 0.253. The summed E-state index contributed by atoms with van der Waals surface area (Å²) >= 11 is 0. The van der Waals surface area contributed by atoms with E-state index < -0.39 is 17.9 Å². The van der Waals surface area contributed by atoms with Crippen molar-refractivity contribution in [1.29, 1.82) is 0 Å². The Balaban J connectivity index is 2.32. The molecule has 0 spiro atoms. The van der Waals surface area contributed by atoms with Crippen LogP contribution in [0.2, 0.25) is 0 Å². The highest BCUT2D eigenvalue weighted by atomic mass is 16.6. The average Bonchev–Trinajstić information content (AvgIpc) is 2.61. The molecule has 0 heterocycles. The van der Waals surface area contributed by atoms with Gasteiger partial charge in [-0.15, -0.1) is 0 Å². The third-order valence-electron chi connectivity index (χ3n) is 3.67. The van der Waals surface area contributed by atoms with Gasteiger partial charge in [-0.1, -0.05) is 54.6 Å². The zero-order chi connectivity index (χ0) is 17.4. The monoisotopic (exact) mass is 326 g/mol. The van der Waals surface area contributed by atoms with Crippen molar-refractivity contribution in [3.05, 3.63) is 60.2 Å². The van der Waals surface area contributed by atoms with Crippen LogP contribution in [0.15, 0.2) is 54.6 Å². The van der Waals surface area contributed by atoms with E-state index in [4.69, 9.17) is 9.47 Å². The van der Waals surface area contributed by atoms with Crippen LogP contribution >= 0.6 is 0 Å². The highest BCUT2D eigenvalue weighted by molar-refractivity contribution is 5.95. The first kappa shape index (κ1) is 17.7. The average molecular weight is 326 g/mol. The predicted octanol–water partition coefficient (Wildman–Crippen LogP) is 3.64. The van der Waals surface area contributed by atoms with E-state index in [9.17, 15) is 9.59 Å². The lowest BCUT2D eigenvalue weighted by Gasteiger charge is -2.16. The molecule has 4 heteroatoms. The molecule has 0 saturated heterocycles. The van der Waals surface area contributed by atoms with Gasteiger partial charge in [0.05, 0.1) is 13.2 Å². The van der Waals surface area contributed by atoms with Crippen LogP contribution in [0.5, 0.6) is 0 Å². The summed E-state index contributed by atoms with van der Waals surface area (Å²) in [5.41, 5.74) is 2.95. The van der Waals surface area contributed by atoms with E-state index in [1.165, 1.54) is 0 Å². The summed E-state index contributed by atoms with van der Waals surface area (Å²) in [5.74, 6) is -2.03. The molecule has 0 aromatic heterocycles. The lowest BCUT2D eigenvalue weighted by molar-refractivity contribution is -0.161. The van der Waals surface area contributed by atoms with Crippen LogP contribution in [0.3, 0.4) is 0 Å². The third kappa shape index (κ3) is 4.44. The molecule has 2 aromatic carbocycles. The Labute approximate surface area is 142 Å². The Morgan fingerprint density at radius 2 is 1.38 bits per heavy atom. The molecule has 0 bridgehead atoms. The molecule has 2 aromatic rings. The number of ether oxygens (including phenoxy) is 2. The molecule has 0 N–H and O–H groups in total. The normalized spacial score (nSPS) is 10.5. The smallest absolute Gasteiger partial charge is 0.320 e. The van der Waals surface area contributed by atoms with Gasteiger partial charge in [0.15, 0.2) is 5.92 Å². The number of hydrogen-bond acceptors (Lipinski definition) is 4. The first-order valence-electron chi connectivity index (χ1n) is 8.14. The second-order valence-corrected chi connectivity index (χ2v) is 5.28. The molecule has 24 heavy (non-hydrogen) atoms. The minimum absolute atomic E-state index is 0.231. The molecular formula is C20H22O4. The fourth-order valence-electron chi connectivity index (χ4n) is 2.57. The van der Waals surface area contributed by atoms with Crippen molar-refractivity contribution in [2.45, 2.75) is 20.3 Å². The number of hydrogen-bond donors (Lipinski definition) is 0. The molecule has 0 radical (unpaired) electrons. The van der Waals surface area contributed by atoms with Crippen LogP contribution in [0.25, 0.3) is 11.1 Å². The van der Waals surface area contributed by atoms with Gasteiger partial charge in [0.25, 0.3) is 0 Å². The minimum Gasteiger partial charge on any atom is -0.465 e. The van der Waals surface area contributed by atoms with E-state index in [1.807, 2.05) is 54.6 Å². The van der Waals surface area contributed by atoms with E-state index in [0.29, 0.717) is 0 Å². The van der Waals surface area contributed by atoms with Crippen LogP contribution in [0.4, 0.5) is 0 Å². The molecule has 0 saturated carbocycles. The number of carbonyl (C=O) groups excluding carboxylic acids is 2. The number of esters is 2. The number of carbonyl (C=O) groups is 2. The second kappa shape index (κ2) is 8.87. The van der Waals surface area contributed by atoms with Crippen molar-refractivity contribution in [3.8, 4) is 11.1 Å². The fourth-order valence-corrected chi connectivity index (χ4v) is 2.57. The van der Waals surface area contributed by atoms with Crippen molar-refractivity contribution in [2.24, 2.45) is 5.92 Å². The Hall–Kier alpha value is -2.62. The van der Waals surface area contributed by atoms with Crippen LogP contribution in [0, 0.1) is 5.92 Å². The zero-order valence-corrected chi connectivity index (χ0v) is 14.0. The Morgan fingerprint density at radius 1 is 0.833 bits per heavy atom. The molecule has 0 fully saturated rings. The van der Waals surface area contributed by atoms with Crippen LogP contribution in [-0.2, 0) is 25.5 Å². The van der Waals surface area contributed by atoms with Gasteiger partial charge >= 0.3 is 11.9 Å². The summed E-state index contributed by atoms with van der Waals surface area (Å²) in [6, 6.07) is 17.6. The van der Waals surface area contributed by atoms with Crippen molar-refractivity contribution >= 4 is 11.9 Å². The standard InChI is InChI=1S/C20H22O4/c1-3-23-19(21)18(20(22)24-4-2)14-16-12-8-9-13-17(16)15-10-6-5-7-11-15/h5-13,18H,3-4,14H2,1-2H3. The Bertz CT molecular complexity index is 661. The summed E-state index contributed by atoms with van der Waals surface area (Å²) < 4.78 is 10.1. The first-order chi connectivity index (χ1) is 11.7. The van der Waals surface area contributed by atoms with E-state index in [1.54, 1.807) is 13.8 Å². The fraction of sp³-hybridized carbons (Fsp3) is 0.300. The molecule has 0 atom stereocenters. The van der Waals surface area contributed by atoms with Gasteiger partial charge in [0.2, 0.25) is 0 Å². The van der Waals surface area contributed by atoms with E-state index in [2.05, 4.69) is 0 Å². The van der Waals surface area contributed by atoms with Crippen molar-refractivity contribution < 1.29 is 19.1 Å². The lowest BCUT2D eigenvalue weighted by Crippen LogP contribution is -2.30. The second-order valence-electron chi connectivity index (χ2n) is 5.28. The van der Waals surface area contributed by atoms with E-state index >= 15 is 0 Å². The molecule has 0 aliphatic heterocycles. The highest BCUT2D eigenvalue weighted by Crippen LogP contribution is 2.26. The van der Waals surface area contributed by atoms with Gasteiger partial charge in [-0.2, -0.15) is 0 Å². The third-order valence-corrected chi connectivity index (χ3v) is 3.67. The van der Waals surface area contributed by atoms with Gasteiger partial charge in [-0.3, -0.25) is 9.59 Å². The molecule has 2 rings (SSSR count). The Morgan fingerprint density at radius 3 is 1.96 bits per heavy atom. The summed E-state index contributed by atoms with van der Waals surface area (Å²) in [6.45, 7) is 3.90. The first-order valence-corrected chi connectivity index (χ1v) is 8.14. The summed E-state index contributed by atoms with van der Waals surface area (Å²) in [7, 11) is 0. The van der Waals surface area contributed by atoms with E-state index in [0.717, 1.165) is 16.7 Å². The van der Waals surface area contributed by atoms with Crippen molar-refractivity contribution in [2.75, 3.05) is 13.2 Å². The van der Waals surface area contributed by atoms with Gasteiger partial charge < -0.3 is 9.47 Å². The van der Waals surface area contributed by atoms with Crippen LogP contribution < -0.4 is 0 Å². The maximum absolute atomic E-state index is 12.2. The van der Waals surface area contributed by atoms with Crippen molar-refractivity contribution in [1.82, 2.24) is 0 Å². The SMILES string of the molecule is CCOC(=O)C(Cc1ccccc1-c1ccccc1)C(=O)OCC. The largest absolute Gasteiger partial charge is 0.465 e. The van der Waals surface area contributed by atoms with Gasteiger partial charge in [0.1, 0.15) is 0 Å². The Kier molecular flexibility index (Phi) is 6.55. The van der Waals surface area contributed by atoms with Gasteiger partial charge in [-0.05, 0) is 37.0 Å². The summed E-state index contributed by atoms with van der Waals surface area (Å²) in [5, 5.41) is 0. The van der Waals surface area contributed by atoms with Crippen LogP contribution in [-0.4, -0.2) is 25.2 Å². The summed E-state index contributed by atoms with van der Waals surface area (Å²) in [4.78, 5) is 24.4. The zero-order valence-electron chi connectivity index (χ0n) is 14.0. The van der Waals surface area contributed by atoms with Gasteiger partial charge in [0, 0.05) is 0 Å². The maximum atomic E-state index is 12.2. The number of rotatable bonds is 7. The molecule has 0 aliphatic rings.